The fraction of sp³-hybridized carbons (Fsp3) is 0.364. The molecule has 0 amide bonds. The van der Waals surface area contributed by atoms with Crippen molar-refractivity contribution in [1.82, 2.24) is 0 Å². The Morgan fingerprint density at radius 1 is 1.29 bits per heavy atom. The van der Waals surface area contributed by atoms with Crippen molar-refractivity contribution in [1.29, 1.82) is 0 Å². The molecule has 6 heteroatoms. The van der Waals surface area contributed by atoms with Gasteiger partial charge in [0.05, 0.1) is 16.2 Å². The largest absolute Gasteiger partial charge is 0.478 e. The lowest BCUT2D eigenvalue weighted by atomic mass is 10.2. The summed E-state index contributed by atoms with van der Waals surface area (Å²) in [6.45, 7) is 0. The maximum atomic E-state index is 11.8. The molecule has 0 aromatic heterocycles. The van der Waals surface area contributed by atoms with Gasteiger partial charge in [-0.2, -0.15) is 11.8 Å². The van der Waals surface area contributed by atoms with Crippen molar-refractivity contribution >= 4 is 27.6 Å². The zero-order valence-corrected chi connectivity index (χ0v) is 11.1. The van der Waals surface area contributed by atoms with Crippen LogP contribution in [0.1, 0.15) is 16.8 Å². The van der Waals surface area contributed by atoms with Crippen LogP contribution in [-0.4, -0.2) is 37.3 Å². The predicted octanol–water partition coefficient (Wildman–Crippen LogP) is 1.91. The molecule has 0 saturated heterocycles. The lowest BCUT2D eigenvalue weighted by Gasteiger charge is -2.04. The summed E-state index contributed by atoms with van der Waals surface area (Å²) in [5, 5.41) is 8.70. The molecular formula is C11H14O4S2. The highest BCUT2D eigenvalue weighted by molar-refractivity contribution is 7.98. The summed E-state index contributed by atoms with van der Waals surface area (Å²) < 4.78 is 23.7. The van der Waals surface area contributed by atoms with Gasteiger partial charge in [0.2, 0.25) is 0 Å². The molecule has 0 bridgehead atoms. The Kier molecular flexibility index (Phi) is 5.02. The number of carboxylic acid groups (broad SMARTS) is 1. The van der Waals surface area contributed by atoms with Crippen molar-refractivity contribution in [2.75, 3.05) is 17.8 Å². The molecule has 94 valence electrons. The zero-order valence-electron chi connectivity index (χ0n) is 9.42. The number of carboxylic acids is 1. The lowest BCUT2D eigenvalue weighted by molar-refractivity contribution is 0.0697. The Morgan fingerprint density at radius 2 is 1.88 bits per heavy atom. The maximum Gasteiger partial charge on any atom is 0.335 e. The number of hydrogen-bond donors (Lipinski definition) is 1. The topological polar surface area (TPSA) is 71.4 Å². The second kappa shape index (κ2) is 6.07. The van der Waals surface area contributed by atoms with Gasteiger partial charge in [-0.1, -0.05) is 0 Å². The Labute approximate surface area is 105 Å². The van der Waals surface area contributed by atoms with Crippen LogP contribution in [0.25, 0.3) is 0 Å². The van der Waals surface area contributed by atoms with Gasteiger partial charge in [0.25, 0.3) is 0 Å². The van der Waals surface area contributed by atoms with Crippen molar-refractivity contribution in [3.8, 4) is 0 Å². The van der Waals surface area contributed by atoms with E-state index >= 15 is 0 Å². The standard InChI is InChI=1S/C11H14O4S2/c1-16-7-2-8-17(14,15)10-5-3-9(4-6-10)11(12)13/h3-6H,2,7-8H2,1H3,(H,12,13). The molecule has 1 rings (SSSR count). The minimum atomic E-state index is -3.28. The van der Waals surface area contributed by atoms with E-state index in [2.05, 4.69) is 0 Å². The van der Waals surface area contributed by atoms with Gasteiger partial charge in [-0.25, -0.2) is 13.2 Å². The SMILES string of the molecule is CSCCCS(=O)(=O)c1ccc(C(=O)O)cc1. The number of carbonyl (C=O) groups is 1. The zero-order chi connectivity index (χ0) is 12.9. The van der Waals surface area contributed by atoms with Crippen LogP contribution in [0.4, 0.5) is 0 Å². The number of aromatic carboxylic acids is 1. The van der Waals surface area contributed by atoms with E-state index in [0.29, 0.717) is 6.42 Å². The quantitative estimate of drug-likeness (QED) is 0.802. The van der Waals surface area contributed by atoms with Crippen molar-refractivity contribution in [2.45, 2.75) is 11.3 Å². The van der Waals surface area contributed by atoms with Crippen LogP contribution >= 0.6 is 11.8 Å². The first-order chi connectivity index (χ1) is 7.97. The van der Waals surface area contributed by atoms with Crippen molar-refractivity contribution in [2.24, 2.45) is 0 Å². The van der Waals surface area contributed by atoms with E-state index in [-0.39, 0.29) is 16.2 Å². The van der Waals surface area contributed by atoms with Crippen LogP contribution in [0.3, 0.4) is 0 Å². The lowest BCUT2D eigenvalue weighted by Crippen LogP contribution is -2.08. The molecule has 0 heterocycles. The number of hydrogen-bond acceptors (Lipinski definition) is 4. The minimum Gasteiger partial charge on any atom is -0.478 e. The van der Waals surface area contributed by atoms with Gasteiger partial charge in [-0.05, 0) is 42.7 Å². The Balaban J connectivity index is 2.81. The summed E-state index contributed by atoms with van der Waals surface area (Å²) in [5.74, 6) is -0.163. The Hall–Kier alpha value is -1.01. The third-order valence-electron chi connectivity index (χ3n) is 2.22. The molecule has 1 aromatic rings. The normalized spacial score (nSPS) is 11.4. The fourth-order valence-corrected chi connectivity index (χ4v) is 3.24. The molecule has 17 heavy (non-hydrogen) atoms. The molecule has 0 aliphatic heterocycles. The van der Waals surface area contributed by atoms with Crippen LogP contribution in [-0.2, 0) is 9.84 Å². The first kappa shape index (κ1) is 14.1. The highest BCUT2D eigenvalue weighted by Gasteiger charge is 2.14. The average molecular weight is 274 g/mol. The van der Waals surface area contributed by atoms with E-state index in [0.717, 1.165) is 5.75 Å². The number of sulfone groups is 1. The molecule has 1 N–H and O–H groups in total. The maximum absolute atomic E-state index is 11.8. The first-order valence-electron chi connectivity index (χ1n) is 5.02. The average Bonchev–Trinajstić information content (AvgIpc) is 2.29. The molecule has 0 fully saturated rings. The molecule has 0 unspecified atom stereocenters. The van der Waals surface area contributed by atoms with Crippen LogP contribution in [0.15, 0.2) is 29.2 Å². The second-order valence-corrected chi connectivity index (χ2v) is 6.59. The molecule has 0 aliphatic rings. The Bertz CT molecular complexity index is 477. The van der Waals surface area contributed by atoms with Crippen molar-refractivity contribution < 1.29 is 18.3 Å². The summed E-state index contributed by atoms with van der Waals surface area (Å²) in [7, 11) is -3.28. The van der Waals surface area contributed by atoms with Gasteiger partial charge in [0.1, 0.15) is 0 Å². The molecule has 0 radical (unpaired) electrons. The highest BCUT2D eigenvalue weighted by atomic mass is 32.2. The van der Waals surface area contributed by atoms with E-state index < -0.39 is 15.8 Å². The molecule has 0 atom stereocenters. The number of thioether (sulfide) groups is 1. The molecule has 0 aliphatic carbocycles. The number of rotatable bonds is 6. The summed E-state index contributed by atoms with van der Waals surface area (Å²) in [4.78, 5) is 10.8. The predicted molar refractivity (Wildman–Crippen MR) is 68.5 cm³/mol. The van der Waals surface area contributed by atoms with Gasteiger partial charge >= 0.3 is 5.97 Å². The monoisotopic (exact) mass is 274 g/mol. The Morgan fingerprint density at radius 3 is 2.35 bits per heavy atom. The fourth-order valence-electron chi connectivity index (χ4n) is 1.32. The summed E-state index contributed by atoms with van der Waals surface area (Å²) >= 11 is 1.60. The van der Waals surface area contributed by atoms with Gasteiger partial charge in [0, 0.05) is 0 Å². The second-order valence-electron chi connectivity index (χ2n) is 3.49. The van der Waals surface area contributed by atoms with Gasteiger partial charge in [-0.15, -0.1) is 0 Å². The molecule has 0 spiro atoms. The van der Waals surface area contributed by atoms with Crippen molar-refractivity contribution in [3.63, 3.8) is 0 Å². The van der Waals surface area contributed by atoms with E-state index in [4.69, 9.17) is 5.11 Å². The first-order valence-corrected chi connectivity index (χ1v) is 8.07. The van der Waals surface area contributed by atoms with Crippen molar-refractivity contribution in [3.05, 3.63) is 29.8 Å². The molecule has 0 saturated carbocycles. The third-order valence-corrected chi connectivity index (χ3v) is 4.74. The van der Waals surface area contributed by atoms with Gasteiger partial charge < -0.3 is 5.11 Å². The van der Waals surface area contributed by atoms with Crippen LogP contribution < -0.4 is 0 Å². The summed E-state index contributed by atoms with van der Waals surface area (Å²) in [5.41, 5.74) is 0.0908. The molecular weight excluding hydrogens is 260 g/mol. The summed E-state index contributed by atoms with van der Waals surface area (Å²) in [6, 6.07) is 5.31. The van der Waals surface area contributed by atoms with Crippen LogP contribution in [0.2, 0.25) is 0 Å². The number of benzene rings is 1. The van der Waals surface area contributed by atoms with Crippen LogP contribution in [0, 0.1) is 0 Å². The molecule has 4 nitrogen and oxygen atoms in total. The van der Waals surface area contributed by atoms with E-state index in [1.54, 1.807) is 11.8 Å². The van der Waals surface area contributed by atoms with Gasteiger partial charge in [0.15, 0.2) is 9.84 Å². The minimum absolute atomic E-state index is 0.0908. The van der Waals surface area contributed by atoms with Gasteiger partial charge in [-0.3, -0.25) is 0 Å². The smallest absolute Gasteiger partial charge is 0.335 e. The molecule has 1 aromatic carbocycles. The van der Waals surface area contributed by atoms with E-state index in [1.165, 1.54) is 24.3 Å². The highest BCUT2D eigenvalue weighted by Crippen LogP contribution is 2.14. The van der Waals surface area contributed by atoms with E-state index in [1.807, 2.05) is 6.26 Å². The van der Waals surface area contributed by atoms with Crippen LogP contribution in [0.5, 0.6) is 0 Å². The third kappa shape index (κ3) is 4.05. The van der Waals surface area contributed by atoms with E-state index in [9.17, 15) is 13.2 Å². The summed E-state index contributed by atoms with van der Waals surface area (Å²) in [6.07, 6.45) is 2.53.